The second-order valence-electron chi connectivity index (χ2n) is 6.48. The molecule has 2 aromatic carbocycles. The van der Waals surface area contributed by atoms with Gasteiger partial charge in [0.1, 0.15) is 17.2 Å². The maximum absolute atomic E-state index is 13.1. The largest absolute Gasteiger partial charge is 0.494 e. The molecular formula is C22H25Cl2N3O6. The number of benzene rings is 2. The molecule has 1 amide bonds. The van der Waals surface area contributed by atoms with E-state index in [2.05, 4.69) is 10.2 Å². The topological polar surface area (TPSA) is 99.0 Å². The van der Waals surface area contributed by atoms with Gasteiger partial charge in [0.2, 0.25) is 6.04 Å². The summed E-state index contributed by atoms with van der Waals surface area (Å²) in [6.07, 6.45) is 0. The summed E-state index contributed by atoms with van der Waals surface area (Å²) < 4.78 is 22.4. The number of anilines is 1. The van der Waals surface area contributed by atoms with E-state index in [1.807, 2.05) is 13.8 Å². The number of methoxy groups -OCH3 is 2. The average Bonchev–Trinajstić information content (AvgIpc) is 2.80. The van der Waals surface area contributed by atoms with Crippen molar-refractivity contribution in [2.45, 2.75) is 26.8 Å². The van der Waals surface area contributed by atoms with Gasteiger partial charge in [-0.2, -0.15) is 10.2 Å². The summed E-state index contributed by atoms with van der Waals surface area (Å²) in [4.78, 5) is 25.3. The molecule has 0 radical (unpaired) electrons. The van der Waals surface area contributed by atoms with Crippen LogP contribution in [0.25, 0.3) is 0 Å². The van der Waals surface area contributed by atoms with Crippen molar-refractivity contribution in [1.29, 1.82) is 0 Å². The number of ketones is 1. The number of Topliss-reactive ketones (excluding diaryl/α,β-unsaturated/α-hetero) is 1. The third-order valence-electron chi connectivity index (χ3n) is 4.28. The molecule has 0 aromatic heterocycles. The Labute approximate surface area is 202 Å². The van der Waals surface area contributed by atoms with Crippen molar-refractivity contribution in [1.82, 2.24) is 0 Å². The third-order valence-corrected chi connectivity index (χ3v) is 4.90. The maximum Gasteiger partial charge on any atom is 0.276 e. The Morgan fingerprint density at radius 1 is 1.03 bits per heavy atom. The predicted octanol–water partition coefficient (Wildman–Crippen LogP) is 5.38. The van der Waals surface area contributed by atoms with Gasteiger partial charge in [0.05, 0.1) is 38.1 Å². The van der Waals surface area contributed by atoms with Gasteiger partial charge < -0.3 is 18.9 Å². The second-order valence-corrected chi connectivity index (χ2v) is 7.23. The lowest BCUT2D eigenvalue weighted by molar-refractivity contribution is -0.126. The normalized spacial score (nSPS) is 11.7. The number of carbonyl (C=O) groups excluding carboxylic acids is 2. The summed E-state index contributed by atoms with van der Waals surface area (Å²) in [6.45, 7) is 5.59. The number of rotatable bonds is 11. The number of amides is 1. The highest BCUT2D eigenvalue weighted by atomic mass is 35.5. The van der Waals surface area contributed by atoms with Gasteiger partial charge in [0, 0.05) is 17.8 Å². The van der Waals surface area contributed by atoms with Crippen LogP contribution in [-0.4, -0.2) is 45.2 Å². The van der Waals surface area contributed by atoms with Crippen LogP contribution in [0.2, 0.25) is 5.02 Å². The number of hydrogen-bond donors (Lipinski definition) is 0. The minimum atomic E-state index is -1.52. The van der Waals surface area contributed by atoms with E-state index < -0.39 is 17.7 Å². The van der Waals surface area contributed by atoms with Crippen molar-refractivity contribution >= 4 is 46.4 Å². The number of ether oxygens (including phenoxy) is 4. The first-order chi connectivity index (χ1) is 15.8. The molecule has 0 bridgehead atoms. The van der Waals surface area contributed by atoms with E-state index in [0.717, 1.165) is 4.42 Å². The highest BCUT2D eigenvalue weighted by molar-refractivity contribution is 6.40. The molecule has 0 spiro atoms. The lowest BCUT2D eigenvalue weighted by Crippen LogP contribution is -2.36. The minimum Gasteiger partial charge on any atom is -0.494 e. The highest BCUT2D eigenvalue weighted by Gasteiger charge is 2.32. The van der Waals surface area contributed by atoms with Crippen LogP contribution in [0, 0.1) is 0 Å². The molecule has 0 saturated heterocycles. The second kappa shape index (κ2) is 12.3. The van der Waals surface area contributed by atoms with Gasteiger partial charge >= 0.3 is 0 Å². The molecule has 2 rings (SSSR count). The van der Waals surface area contributed by atoms with Crippen LogP contribution in [0.4, 0.5) is 11.4 Å². The Balaban J connectivity index is 2.41. The smallest absolute Gasteiger partial charge is 0.276 e. The molecule has 33 heavy (non-hydrogen) atoms. The number of azo groups is 1. The number of carbonyl (C=O) groups is 2. The first kappa shape index (κ1) is 26.2. The van der Waals surface area contributed by atoms with Crippen LogP contribution in [0.1, 0.15) is 20.8 Å². The minimum absolute atomic E-state index is 0.137. The predicted molar refractivity (Wildman–Crippen MR) is 126 cm³/mol. The van der Waals surface area contributed by atoms with Crippen molar-refractivity contribution in [2.75, 3.05) is 31.9 Å². The molecular weight excluding hydrogens is 473 g/mol. The average molecular weight is 498 g/mol. The number of halogens is 2. The molecule has 0 aliphatic rings. The van der Waals surface area contributed by atoms with Gasteiger partial charge in [-0.1, -0.05) is 17.7 Å². The summed E-state index contributed by atoms with van der Waals surface area (Å²) in [6, 6.07) is 6.39. The fourth-order valence-electron chi connectivity index (χ4n) is 2.83. The summed E-state index contributed by atoms with van der Waals surface area (Å²) in [5.74, 6) is -0.116. The summed E-state index contributed by atoms with van der Waals surface area (Å²) in [5, 5.41) is 8.21. The highest BCUT2D eigenvalue weighted by Crippen LogP contribution is 2.41. The lowest BCUT2D eigenvalue weighted by Gasteiger charge is -2.21. The molecule has 0 N–H and O–H groups in total. The molecule has 0 aliphatic heterocycles. The van der Waals surface area contributed by atoms with Gasteiger partial charge in [-0.25, -0.2) is 4.42 Å². The molecule has 178 valence electrons. The van der Waals surface area contributed by atoms with Gasteiger partial charge in [-0.05, 0) is 39.0 Å². The number of para-hydroxylation sites is 1. The van der Waals surface area contributed by atoms with Gasteiger partial charge in [-0.15, -0.1) is 0 Å². The van der Waals surface area contributed by atoms with E-state index in [1.165, 1.54) is 27.2 Å². The first-order valence-electron chi connectivity index (χ1n) is 10.00. The monoisotopic (exact) mass is 497 g/mol. The van der Waals surface area contributed by atoms with Crippen molar-refractivity contribution in [2.24, 2.45) is 10.2 Å². The SMILES string of the molecule is CCOc1cc(N=NC(C(C)=O)C(=O)N(Cl)c2c(OC)cccc2OC)cc(Cl)c1OCC. The number of hydrogen-bond acceptors (Lipinski definition) is 8. The van der Waals surface area contributed by atoms with Crippen molar-refractivity contribution in [3.63, 3.8) is 0 Å². The zero-order chi connectivity index (χ0) is 24.5. The Bertz CT molecular complexity index is 1010. The van der Waals surface area contributed by atoms with E-state index in [0.29, 0.717) is 24.7 Å². The molecule has 0 heterocycles. The van der Waals surface area contributed by atoms with Crippen LogP contribution < -0.4 is 23.4 Å². The summed E-state index contributed by atoms with van der Waals surface area (Å²) >= 11 is 12.6. The molecule has 0 aliphatic carbocycles. The third kappa shape index (κ3) is 6.27. The lowest BCUT2D eigenvalue weighted by atomic mass is 10.2. The van der Waals surface area contributed by atoms with E-state index in [9.17, 15) is 9.59 Å². The Hall–Kier alpha value is -3.04. The first-order valence-corrected chi connectivity index (χ1v) is 10.7. The van der Waals surface area contributed by atoms with Crippen LogP contribution >= 0.6 is 23.4 Å². The summed E-state index contributed by atoms with van der Waals surface area (Å²) in [5.41, 5.74) is 0.403. The Morgan fingerprint density at radius 2 is 1.64 bits per heavy atom. The molecule has 1 atom stereocenters. The van der Waals surface area contributed by atoms with Crippen molar-refractivity contribution in [3.8, 4) is 23.0 Å². The molecule has 1 unspecified atom stereocenters. The van der Waals surface area contributed by atoms with E-state index in [1.54, 1.807) is 24.3 Å². The maximum atomic E-state index is 13.1. The van der Waals surface area contributed by atoms with Crippen LogP contribution in [0.3, 0.4) is 0 Å². The molecule has 0 saturated carbocycles. The van der Waals surface area contributed by atoms with Gasteiger partial charge in [0.25, 0.3) is 5.91 Å². The van der Waals surface area contributed by atoms with Crippen LogP contribution in [0.15, 0.2) is 40.6 Å². The fraction of sp³-hybridized carbons (Fsp3) is 0.364. The standard InChI is InChI=1S/C22H25Cl2N3O6/c1-6-32-18-12-14(11-15(23)21(18)33-7-2)25-26-19(13(3)28)22(29)27(24)20-16(30-4)9-8-10-17(20)31-5/h8-12,19H,6-7H2,1-5H3. The summed E-state index contributed by atoms with van der Waals surface area (Å²) in [7, 11) is 2.84. The zero-order valence-corrected chi connectivity index (χ0v) is 20.4. The Morgan fingerprint density at radius 3 is 2.15 bits per heavy atom. The van der Waals surface area contributed by atoms with Gasteiger partial charge in [-0.3, -0.25) is 9.59 Å². The fourth-order valence-corrected chi connectivity index (χ4v) is 3.35. The quantitative estimate of drug-likeness (QED) is 0.234. The van der Waals surface area contributed by atoms with Crippen molar-refractivity contribution < 1.29 is 28.5 Å². The van der Waals surface area contributed by atoms with E-state index in [4.69, 9.17) is 42.3 Å². The zero-order valence-electron chi connectivity index (χ0n) is 18.9. The molecule has 9 nitrogen and oxygen atoms in total. The van der Waals surface area contributed by atoms with E-state index in [-0.39, 0.29) is 27.9 Å². The Kier molecular flexibility index (Phi) is 9.74. The van der Waals surface area contributed by atoms with E-state index >= 15 is 0 Å². The molecule has 0 fully saturated rings. The van der Waals surface area contributed by atoms with Gasteiger partial charge in [0.15, 0.2) is 17.3 Å². The van der Waals surface area contributed by atoms with Crippen LogP contribution in [0.5, 0.6) is 23.0 Å². The van der Waals surface area contributed by atoms with Crippen molar-refractivity contribution in [3.05, 3.63) is 35.4 Å². The number of nitrogens with zero attached hydrogens (tertiary/aromatic N) is 3. The van der Waals surface area contributed by atoms with Crippen LogP contribution in [-0.2, 0) is 9.59 Å². The molecule has 2 aromatic rings. The molecule has 11 heteroatoms.